The lowest BCUT2D eigenvalue weighted by Crippen LogP contribution is -2.51. The molecule has 0 spiro atoms. The predicted octanol–water partition coefficient (Wildman–Crippen LogP) is 5.01. The summed E-state index contributed by atoms with van der Waals surface area (Å²) in [6.07, 6.45) is 0. The van der Waals surface area contributed by atoms with E-state index in [1.807, 2.05) is 52.8 Å². The first-order valence-corrected chi connectivity index (χ1v) is 15.1. The molecule has 220 valence electrons. The van der Waals surface area contributed by atoms with Crippen molar-refractivity contribution in [3.05, 3.63) is 89.0 Å². The molecule has 0 fully saturated rings. The fourth-order valence-electron chi connectivity index (χ4n) is 4.36. The maximum absolute atomic E-state index is 14.1. The molecule has 3 aromatic carbocycles. The van der Waals surface area contributed by atoms with Crippen LogP contribution in [-0.2, 0) is 26.2 Å². The zero-order valence-electron chi connectivity index (χ0n) is 25.0. The van der Waals surface area contributed by atoms with Crippen molar-refractivity contribution in [1.29, 1.82) is 0 Å². The van der Waals surface area contributed by atoms with Crippen LogP contribution >= 0.6 is 0 Å². The van der Waals surface area contributed by atoms with Gasteiger partial charge in [-0.3, -0.25) is 13.9 Å². The van der Waals surface area contributed by atoms with Gasteiger partial charge in [0.05, 0.1) is 17.7 Å². The topological polar surface area (TPSA) is 96.0 Å². The fraction of sp³-hybridized carbons (Fsp3) is 0.375. The van der Waals surface area contributed by atoms with Crippen LogP contribution in [0.2, 0.25) is 0 Å². The smallest absolute Gasteiger partial charge is 0.264 e. The van der Waals surface area contributed by atoms with E-state index in [2.05, 4.69) is 5.32 Å². The molecule has 0 aliphatic carbocycles. The Morgan fingerprint density at radius 3 is 2.22 bits per heavy atom. The normalized spacial score (nSPS) is 12.1. The maximum atomic E-state index is 14.1. The number of hydrogen-bond acceptors (Lipinski definition) is 5. The van der Waals surface area contributed by atoms with Crippen LogP contribution in [-0.4, -0.2) is 51.4 Å². The summed E-state index contributed by atoms with van der Waals surface area (Å²) in [4.78, 5) is 28.8. The molecule has 8 nitrogen and oxygen atoms in total. The lowest BCUT2D eigenvalue weighted by atomic mass is 10.1. The fourth-order valence-corrected chi connectivity index (χ4v) is 5.83. The van der Waals surface area contributed by atoms with Gasteiger partial charge in [-0.2, -0.15) is 0 Å². The largest absolute Gasteiger partial charge is 0.497 e. The lowest BCUT2D eigenvalue weighted by Gasteiger charge is -2.32. The highest BCUT2D eigenvalue weighted by molar-refractivity contribution is 7.92. The molecule has 41 heavy (non-hydrogen) atoms. The van der Waals surface area contributed by atoms with Crippen LogP contribution in [0.1, 0.15) is 43.0 Å². The molecule has 0 aliphatic rings. The number of carbonyl (C=O) groups excluding carboxylic acids is 2. The van der Waals surface area contributed by atoms with Gasteiger partial charge in [-0.15, -0.1) is 0 Å². The number of anilines is 1. The highest BCUT2D eigenvalue weighted by atomic mass is 32.2. The van der Waals surface area contributed by atoms with Crippen LogP contribution in [0, 0.1) is 26.7 Å². The van der Waals surface area contributed by atoms with Crippen molar-refractivity contribution in [2.45, 2.75) is 59.0 Å². The Labute approximate surface area is 244 Å². The Bertz CT molecular complexity index is 1470. The second-order valence-corrected chi connectivity index (χ2v) is 12.6. The van der Waals surface area contributed by atoms with Gasteiger partial charge in [0.1, 0.15) is 18.3 Å². The number of nitrogens with one attached hydrogen (secondary N) is 1. The number of methoxy groups -OCH3 is 1. The highest BCUT2D eigenvalue weighted by Crippen LogP contribution is 2.29. The zero-order valence-corrected chi connectivity index (χ0v) is 25.8. The number of amides is 2. The van der Waals surface area contributed by atoms with E-state index in [-0.39, 0.29) is 23.3 Å². The molecule has 3 rings (SSSR count). The highest BCUT2D eigenvalue weighted by Gasteiger charge is 2.33. The van der Waals surface area contributed by atoms with Crippen LogP contribution in [0.5, 0.6) is 5.75 Å². The van der Waals surface area contributed by atoms with E-state index in [0.717, 1.165) is 26.6 Å². The Hall–Kier alpha value is -3.85. The molecular formula is C32H41N3O5S. The molecule has 0 saturated carbocycles. The maximum Gasteiger partial charge on any atom is 0.264 e. The van der Waals surface area contributed by atoms with E-state index in [9.17, 15) is 18.0 Å². The minimum absolute atomic E-state index is 0.0823. The third-order valence-electron chi connectivity index (χ3n) is 7.07. The van der Waals surface area contributed by atoms with E-state index in [1.54, 1.807) is 62.6 Å². The van der Waals surface area contributed by atoms with Crippen molar-refractivity contribution in [2.75, 3.05) is 24.5 Å². The van der Waals surface area contributed by atoms with Gasteiger partial charge in [0.15, 0.2) is 0 Å². The van der Waals surface area contributed by atoms with Gasteiger partial charge in [0.2, 0.25) is 11.8 Å². The van der Waals surface area contributed by atoms with Gasteiger partial charge in [-0.1, -0.05) is 55.8 Å². The first-order valence-electron chi connectivity index (χ1n) is 13.7. The van der Waals surface area contributed by atoms with E-state index in [1.165, 1.54) is 4.90 Å². The standard InChI is InChI=1S/C32H41N3O5S/c1-22(2)19-33-32(37)26(6)34(20-27-11-9-12-28(18-27)40-7)31(36)21-35(30-13-8-10-24(4)25(30)5)41(38,39)29-16-14-23(3)15-17-29/h8-18,22,26H,19-21H2,1-7H3,(H,33,37). The molecule has 0 aliphatic heterocycles. The zero-order chi connectivity index (χ0) is 30.3. The predicted molar refractivity (Wildman–Crippen MR) is 162 cm³/mol. The number of hydrogen-bond donors (Lipinski definition) is 1. The van der Waals surface area contributed by atoms with E-state index in [4.69, 9.17) is 4.74 Å². The quantitative estimate of drug-likeness (QED) is 0.326. The van der Waals surface area contributed by atoms with Gasteiger partial charge in [0.25, 0.3) is 10.0 Å². The number of nitrogens with zero attached hydrogens (tertiary/aromatic N) is 2. The molecule has 1 unspecified atom stereocenters. The first kappa shape index (κ1) is 31.7. The summed E-state index contributed by atoms with van der Waals surface area (Å²) in [5.74, 6) is 0.0325. The minimum Gasteiger partial charge on any atom is -0.497 e. The molecule has 3 aromatic rings. The second kappa shape index (κ2) is 13.7. The van der Waals surface area contributed by atoms with Crippen molar-refractivity contribution in [3.63, 3.8) is 0 Å². The summed E-state index contributed by atoms with van der Waals surface area (Å²) in [6.45, 7) is 11.3. The average Bonchev–Trinajstić information content (AvgIpc) is 2.94. The molecule has 1 atom stereocenters. The monoisotopic (exact) mass is 579 g/mol. The van der Waals surface area contributed by atoms with E-state index in [0.29, 0.717) is 18.0 Å². The molecule has 0 radical (unpaired) electrons. The summed E-state index contributed by atoms with van der Waals surface area (Å²) in [6, 6.07) is 18.3. The molecule has 0 heterocycles. The minimum atomic E-state index is -4.12. The summed E-state index contributed by atoms with van der Waals surface area (Å²) in [5, 5.41) is 2.90. The van der Waals surface area contributed by atoms with Crippen molar-refractivity contribution in [3.8, 4) is 5.75 Å². The number of carbonyl (C=O) groups is 2. The van der Waals surface area contributed by atoms with Crippen LogP contribution in [0.25, 0.3) is 0 Å². The van der Waals surface area contributed by atoms with E-state index < -0.39 is 28.5 Å². The number of rotatable bonds is 12. The van der Waals surface area contributed by atoms with Gasteiger partial charge in [-0.25, -0.2) is 8.42 Å². The van der Waals surface area contributed by atoms with Crippen LogP contribution < -0.4 is 14.4 Å². The van der Waals surface area contributed by atoms with Crippen molar-refractivity contribution in [2.24, 2.45) is 5.92 Å². The molecule has 0 saturated heterocycles. The Morgan fingerprint density at radius 1 is 0.927 bits per heavy atom. The van der Waals surface area contributed by atoms with Gasteiger partial charge in [0, 0.05) is 13.1 Å². The van der Waals surface area contributed by atoms with Crippen LogP contribution in [0.4, 0.5) is 5.69 Å². The summed E-state index contributed by atoms with van der Waals surface area (Å²) >= 11 is 0. The SMILES string of the molecule is COc1cccc(CN(C(=O)CN(c2cccc(C)c2C)S(=O)(=O)c2ccc(C)cc2)C(C)C(=O)NCC(C)C)c1. The summed E-state index contributed by atoms with van der Waals surface area (Å²) in [5.41, 5.74) is 3.73. The van der Waals surface area contributed by atoms with Gasteiger partial charge in [-0.05, 0) is 80.6 Å². The van der Waals surface area contributed by atoms with Crippen LogP contribution in [0.3, 0.4) is 0 Å². The molecule has 0 aromatic heterocycles. The summed E-state index contributed by atoms with van der Waals surface area (Å²) in [7, 11) is -2.57. The Kier molecular flexibility index (Phi) is 10.6. The molecule has 1 N–H and O–H groups in total. The average molecular weight is 580 g/mol. The van der Waals surface area contributed by atoms with Gasteiger partial charge >= 0.3 is 0 Å². The molecule has 0 bridgehead atoms. The number of benzene rings is 3. The lowest BCUT2D eigenvalue weighted by molar-refractivity contribution is -0.139. The second-order valence-electron chi connectivity index (χ2n) is 10.7. The Morgan fingerprint density at radius 2 is 1.59 bits per heavy atom. The first-order chi connectivity index (χ1) is 19.3. The molecule has 2 amide bonds. The number of aryl methyl sites for hydroxylation is 2. The van der Waals surface area contributed by atoms with Crippen molar-refractivity contribution < 1.29 is 22.7 Å². The summed E-state index contributed by atoms with van der Waals surface area (Å²) < 4.78 is 34.6. The molecular weight excluding hydrogens is 538 g/mol. The van der Waals surface area contributed by atoms with Crippen molar-refractivity contribution >= 4 is 27.5 Å². The van der Waals surface area contributed by atoms with E-state index >= 15 is 0 Å². The third-order valence-corrected chi connectivity index (χ3v) is 8.85. The Balaban J connectivity index is 2.06. The number of ether oxygens (including phenoxy) is 1. The third kappa shape index (κ3) is 7.88. The number of sulfonamides is 1. The van der Waals surface area contributed by atoms with Crippen molar-refractivity contribution in [1.82, 2.24) is 10.2 Å². The molecule has 9 heteroatoms. The van der Waals surface area contributed by atoms with Crippen LogP contribution in [0.15, 0.2) is 71.6 Å². The van der Waals surface area contributed by atoms with Gasteiger partial charge < -0.3 is 15.0 Å².